The van der Waals surface area contributed by atoms with Gasteiger partial charge in [-0.05, 0) is 0 Å². The second-order valence-electron chi connectivity index (χ2n) is 4.57. The minimum atomic E-state index is -0.167. The molecule has 0 fully saturated rings. The predicted molar refractivity (Wildman–Crippen MR) is 68.4 cm³/mol. The summed E-state index contributed by atoms with van der Waals surface area (Å²) in [5.41, 5.74) is -0.333. The summed E-state index contributed by atoms with van der Waals surface area (Å²) in [4.78, 5) is 6.54. The van der Waals surface area contributed by atoms with Crippen molar-refractivity contribution >= 4 is 0 Å². The van der Waals surface area contributed by atoms with Gasteiger partial charge in [0.05, 0.1) is 0 Å². The Labute approximate surface area is 138 Å². The molecule has 0 aliphatic heterocycles. The zero-order valence-corrected chi connectivity index (χ0v) is 14.2. The van der Waals surface area contributed by atoms with Crippen LogP contribution in [0, 0.1) is 39.7 Å². The van der Waals surface area contributed by atoms with Crippen molar-refractivity contribution in [3.8, 4) is 0 Å². The summed E-state index contributed by atoms with van der Waals surface area (Å²) in [6.07, 6.45) is 0. The maximum Gasteiger partial charge on any atom is 0 e. The van der Waals surface area contributed by atoms with Crippen molar-refractivity contribution in [3.63, 3.8) is 0 Å². The van der Waals surface area contributed by atoms with Gasteiger partial charge in [0.1, 0.15) is 0 Å². The maximum absolute atomic E-state index is 7.50. The van der Waals surface area contributed by atoms with Crippen molar-refractivity contribution in [1.82, 2.24) is 0 Å². The monoisotopic (exact) mass is 330 g/mol. The van der Waals surface area contributed by atoms with Gasteiger partial charge in [0.25, 0.3) is 0 Å². The van der Waals surface area contributed by atoms with Crippen LogP contribution >= 0.6 is 0 Å². The summed E-state index contributed by atoms with van der Waals surface area (Å²) >= 11 is 0. The normalized spacial score (nSPS) is 6.29. The van der Waals surface area contributed by atoms with Crippen LogP contribution in [0.3, 0.4) is 0 Å². The van der Waals surface area contributed by atoms with E-state index in [-0.39, 0.29) is 28.4 Å². The Morgan fingerprint density at radius 3 is 0.571 bits per heavy atom. The van der Waals surface area contributed by atoms with Gasteiger partial charge in [-0.3, -0.25) is 0 Å². The van der Waals surface area contributed by atoms with Crippen molar-refractivity contribution in [3.05, 3.63) is 49.4 Å². The van der Waals surface area contributed by atoms with Crippen molar-refractivity contribution in [1.29, 1.82) is 0 Å². The molecule has 0 radical (unpaired) electrons. The molecule has 0 aromatic heterocycles. The molecule has 0 amide bonds. The van der Waals surface area contributed by atoms with E-state index in [0.717, 1.165) is 0 Å². The smallest absolute Gasteiger partial charge is 0 e. The van der Waals surface area contributed by atoms with Crippen LogP contribution in [-0.4, -0.2) is 11.1 Å². The van der Waals surface area contributed by atoms with E-state index >= 15 is 0 Å². The molecular weight excluding hydrogens is 312 g/mol. The third-order valence-corrected chi connectivity index (χ3v) is 0.671. The Hall–Kier alpha value is -1.53. The van der Waals surface area contributed by atoms with E-state index in [2.05, 4.69) is 36.3 Å². The fraction of sp³-hybridized carbons (Fsp3) is 0.571. The van der Waals surface area contributed by atoms with E-state index in [4.69, 9.17) is 31.8 Å². The van der Waals surface area contributed by atoms with Crippen LogP contribution in [0.5, 0.6) is 0 Å². The molecule has 0 spiro atoms. The average molecular weight is 330 g/mol. The topological polar surface area (TPSA) is 88.3 Å². The molecule has 0 atom stereocenters. The molecule has 0 heterocycles. The molecular formula is C14H18CrN2O4. The van der Waals surface area contributed by atoms with Gasteiger partial charge in [-0.2, -0.15) is 0 Å². The van der Waals surface area contributed by atoms with Crippen molar-refractivity contribution in [2.75, 3.05) is 0 Å². The second kappa shape index (κ2) is 36.3. The number of hydrogen-bond donors (Lipinski definition) is 0. The van der Waals surface area contributed by atoms with E-state index in [1.165, 1.54) is 0 Å². The molecule has 114 valence electrons. The van der Waals surface area contributed by atoms with E-state index in [1.54, 1.807) is 0 Å². The molecule has 0 bridgehead atoms. The van der Waals surface area contributed by atoms with E-state index in [1.807, 2.05) is 41.5 Å². The van der Waals surface area contributed by atoms with Crippen LogP contribution in [0.15, 0.2) is 0 Å². The van der Waals surface area contributed by atoms with E-state index in [0.29, 0.717) is 0 Å². The molecule has 6 nitrogen and oxygen atoms in total. The summed E-state index contributed by atoms with van der Waals surface area (Å²) in [5.74, 6) is 0. The number of hydrogen-bond acceptors (Lipinski definition) is 0. The SMILES string of the molecule is [C-]#[N+]C(C)(C)C.[C-]#[N+]C(C)(C)C.[C-]#[O+].[C-]#[O+].[C-]#[O+].[C-]#[O+].[Cr]. The Morgan fingerprint density at radius 1 is 0.524 bits per heavy atom. The Balaban J connectivity index is -0.0000000246. The molecule has 0 rings (SSSR count). The first kappa shape index (κ1) is 42.7. The number of rotatable bonds is 0. The minimum absolute atomic E-state index is 0. The van der Waals surface area contributed by atoms with Crippen LogP contribution in [0.2, 0.25) is 0 Å². The predicted octanol–water partition coefficient (Wildman–Crippen LogP) is 3.26. The van der Waals surface area contributed by atoms with Crippen molar-refractivity contribution < 1.29 is 36.0 Å². The first-order chi connectivity index (χ1) is 9.12. The first-order valence-corrected chi connectivity index (χ1v) is 4.71. The van der Waals surface area contributed by atoms with E-state index < -0.39 is 0 Å². The molecule has 0 aliphatic rings. The van der Waals surface area contributed by atoms with Gasteiger partial charge in [-0.25, -0.2) is 13.1 Å². The Kier molecular flexibility index (Phi) is 73.7. The van der Waals surface area contributed by atoms with Gasteiger partial charge >= 0.3 is 45.2 Å². The largest absolute Gasteiger partial charge is 0 e. The van der Waals surface area contributed by atoms with Gasteiger partial charge in [0.2, 0.25) is 11.1 Å². The molecule has 0 saturated heterocycles. The molecule has 0 aliphatic carbocycles. The number of nitrogens with zero attached hydrogens (tertiary/aromatic N) is 2. The molecule has 0 unspecified atom stereocenters. The Bertz CT molecular complexity index is 296. The second-order valence-corrected chi connectivity index (χ2v) is 4.57. The zero-order valence-electron chi connectivity index (χ0n) is 12.9. The van der Waals surface area contributed by atoms with Gasteiger partial charge < -0.3 is 9.69 Å². The summed E-state index contributed by atoms with van der Waals surface area (Å²) < 4.78 is 30.0. The third-order valence-electron chi connectivity index (χ3n) is 0.671. The average Bonchev–Trinajstić information content (AvgIpc) is 2.46. The minimum Gasteiger partial charge on any atom is 0 e. The quantitative estimate of drug-likeness (QED) is 0.482. The summed E-state index contributed by atoms with van der Waals surface area (Å²) in [5, 5.41) is 0. The van der Waals surface area contributed by atoms with Crippen LogP contribution in [-0.2, 0) is 36.0 Å². The molecule has 0 aromatic carbocycles. The Morgan fingerprint density at radius 2 is 0.571 bits per heavy atom. The zero-order chi connectivity index (χ0) is 18.4. The van der Waals surface area contributed by atoms with E-state index in [9.17, 15) is 0 Å². The van der Waals surface area contributed by atoms with Gasteiger partial charge in [0, 0.05) is 58.9 Å². The molecule has 21 heavy (non-hydrogen) atoms. The van der Waals surface area contributed by atoms with Gasteiger partial charge in [-0.15, -0.1) is 0 Å². The van der Waals surface area contributed by atoms with Crippen molar-refractivity contribution in [2.45, 2.75) is 52.6 Å². The summed E-state index contributed by atoms with van der Waals surface area (Å²) in [7, 11) is 0. The van der Waals surface area contributed by atoms with Crippen LogP contribution in [0.4, 0.5) is 0 Å². The standard InChI is InChI=1S/2C5H9N.4CO.Cr/c2*1-5(2,3)6-4;4*1-2;/h2*1-3H3;;;;;. The molecule has 0 N–H and O–H groups in total. The van der Waals surface area contributed by atoms with Crippen molar-refractivity contribution in [2.24, 2.45) is 0 Å². The van der Waals surface area contributed by atoms with Gasteiger partial charge in [-0.1, -0.05) is 0 Å². The van der Waals surface area contributed by atoms with Crippen LogP contribution < -0.4 is 0 Å². The van der Waals surface area contributed by atoms with Crippen LogP contribution in [0.1, 0.15) is 41.5 Å². The third kappa shape index (κ3) is 251. The first-order valence-electron chi connectivity index (χ1n) is 4.71. The summed E-state index contributed by atoms with van der Waals surface area (Å²) in [6.45, 7) is 42.3. The molecule has 0 saturated carbocycles. The fourth-order valence-electron chi connectivity index (χ4n) is 0. The van der Waals surface area contributed by atoms with Crippen LogP contribution in [0.25, 0.3) is 9.69 Å². The fourth-order valence-corrected chi connectivity index (χ4v) is 0. The molecule has 0 aromatic rings. The maximum atomic E-state index is 7.50. The molecule has 7 heteroatoms. The van der Waals surface area contributed by atoms with Gasteiger partial charge in [0.15, 0.2) is 0 Å². The summed E-state index contributed by atoms with van der Waals surface area (Å²) in [6, 6.07) is 0.